The number of carbonyl (C=O) groups is 2. The third-order valence-corrected chi connectivity index (χ3v) is 3.68. The Morgan fingerprint density at radius 3 is 2.29 bits per heavy atom. The number of unbranched alkanes of at least 4 members (excludes halogenated alkanes) is 1. The second-order valence-electron chi connectivity index (χ2n) is 5.99. The van der Waals surface area contributed by atoms with Crippen molar-refractivity contribution in [2.45, 2.75) is 90.3 Å². The summed E-state index contributed by atoms with van der Waals surface area (Å²) >= 11 is 0. The number of aldehydes is 1. The number of aliphatic hydroxyl groups excluding tert-OH is 1. The van der Waals surface area contributed by atoms with E-state index in [4.69, 9.17) is 4.74 Å². The SMILES string of the molecule is CC/C=C\CC(O)CCCC(=O)OC(C/C=C\CC)CCCC=O. The molecule has 2 unspecified atom stereocenters. The molecule has 0 radical (unpaired) electrons. The van der Waals surface area contributed by atoms with Gasteiger partial charge in [-0.3, -0.25) is 4.79 Å². The van der Waals surface area contributed by atoms with E-state index < -0.39 is 6.10 Å². The molecule has 0 saturated heterocycles. The van der Waals surface area contributed by atoms with Crippen LogP contribution in [0, 0.1) is 0 Å². The molecular weight excluding hydrogens is 304 g/mol. The minimum Gasteiger partial charge on any atom is -0.462 e. The molecule has 4 heteroatoms. The van der Waals surface area contributed by atoms with E-state index in [9.17, 15) is 14.7 Å². The number of esters is 1. The molecule has 0 rings (SSSR count). The van der Waals surface area contributed by atoms with E-state index in [2.05, 4.69) is 19.9 Å². The van der Waals surface area contributed by atoms with Gasteiger partial charge in [-0.2, -0.15) is 0 Å². The van der Waals surface area contributed by atoms with Gasteiger partial charge in [0.05, 0.1) is 6.10 Å². The molecule has 0 fully saturated rings. The summed E-state index contributed by atoms with van der Waals surface area (Å²) in [5, 5.41) is 9.81. The van der Waals surface area contributed by atoms with Crippen LogP contribution in [0.15, 0.2) is 24.3 Å². The van der Waals surface area contributed by atoms with Crippen molar-refractivity contribution in [2.24, 2.45) is 0 Å². The van der Waals surface area contributed by atoms with Gasteiger partial charge in [-0.1, -0.05) is 38.2 Å². The Bertz CT molecular complexity index is 374. The summed E-state index contributed by atoms with van der Waals surface area (Å²) in [5.41, 5.74) is 0. The first-order valence-electron chi connectivity index (χ1n) is 9.25. The first-order chi connectivity index (χ1) is 11.6. The fourth-order valence-corrected chi connectivity index (χ4v) is 2.33. The van der Waals surface area contributed by atoms with Gasteiger partial charge in [-0.25, -0.2) is 0 Å². The topological polar surface area (TPSA) is 63.6 Å². The van der Waals surface area contributed by atoms with Gasteiger partial charge in [0, 0.05) is 19.3 Å². The highest BCUT2D eigenvalue weighted by atomic mass is 16.5. The van der Waals surface area contributed by atoms with Crippen LogP contribution in [-0.4, -0.2) is 29.6 Å². The molecular formula is C20H34O4. The van der Waals surface area contributed by atoms with Crippen molar-refractivity contribution in [1.82, 2.24) is 0 Å². The summed E-state index contributed by atoms with van der Waals surface area (Å²) in [6.07, 6.45) is 15.2. The fourth-order valence-electron chi connectivity index (χ4n) is 2.33. The van der Waals surface area contributed by atoms with Crippen molar-refractivity contribution in [3.8, 4) is 0 Å². The van der Waals surface area contributed by atoms with Crippen LogP contribution in [0.4, 0.5) is 0 Å². The molecule has 0 aliphatic rings. The molecule has 24 heavy (non-hydrogen) atoms. The number of rotatable bonds is 15. The molecule has 0 aromatic rings. The van der Waals surface area contributed by atoms with E-state index in [1.165, 1.54) is 0 Å². The van der Waals surface area contributed by atoms with Crippen molar-refractivity contribution in [2.75, 3.05) is 0 Å². The highest BCUT2D eigenvalue weighted by Crippen LogP contribution is 2.13. The van der Waals surface area contributed by atoms with Gasteiger partial charge >= 0.3 is 5.97 Å². The van der Waals surface area contributed by atoms with Crippen LogP contribution in [0.25, 0.3) is 0 Å². The van der Waals surface area contributed by atoms with Crippen LogP contribution in [0.3, 0.4) is 0 Å². The maximum Gasteiger partial charge on any atom is 0.306 e. The summed E-state index contributed by atoms with van der Waals surface area (Å²) in [7, 11) is 0. The van der Waals surface area contributed by atoms with Crippen molar-refractivity contribution >= 4 is 12.3 Å². The lowest BCUT2D eigenvalue weighted by atomic mass is 10.1. The van der Waals surface area contributed by atoms with Crippen LogP contribution < -0.4 is 0 Å². The Kier molecular flexibility index (Phi) is 15.5. The number of carbonyl (C=O) groups excluding carboxylic acids is 2. The van der Waals surface area contributed by atoms with E-state index in [1.54, 1.807) is 0 Å². The lowest BCUT2D eigenvalue weighted by Gasteiger charge is -2.16. The smallest absolute Gasteiger partial charge is 0.306 e. The molecule has 0 aromatic heterocycles. The van der Waals surface area contributed by atoms with E-state index in [-0.39, 0.29) is 12.1 Å². The van der Waals surface area contributed by atoms with Gasteiger partial charge in [0.2, 0.25) is 0 Å². The number of ether oxygens (including phenoxy) is 1. The van der Waals surface area contributed by atoms with Crippen LogP contribution in [0.5, 0.6) is 0 Å². The minimum atomic E-state index is -0.392. The average Bonchev–Trinajstić information content (AvgIpc) is 2.55. The number of hydrogen-bond donors (Lipinski definition) is 1. The second-order valence-corrected chi connectivity index (χ2v) is 5.99. The Balaban J connectivity index is 4.07. The molecule has 0 saturated carbocycles. The van der Waals surface area contributed by atoms with Gasteiger partial charge in [0.15, 0.2) is 0 Å². The minimum absolute atomic E-state index is 0.155. The summed E-state index contributed by atoms with van der Waals surface area (Å²) in [6, 6.07) is 0. The lowest BCUT2D eigenvalue weighted by molar-refractivity contribution is -0.149. The quantitative estimate of drug-likeness (QED) is 0.206. The Morgan fingerprint density at radius 2 is 1.67 bits per heavy atom. The van der Waals surface area contributed by atoms with Gasteiger partial charge in [-0.15, -0.1) is 0 Å². The van der Waals surface area contributed by atoms with Crippen LogP contribution >= 0.6 is 0 Å². The Hall–Kier alpha value is -1.42. The van der Waals surface area contributed by atoms with Crippen molar-refractivity contribution in [3.05, 3.63) is 24.3 Å². The van der Waals surface area contributed by atoms with Crippen LogP contribution in [-0.2, 0) is 14.3 Å². The highest BCUT2D eigenvalue weighted by Gasteiger charge is 2.13. The highest BCUT2D eigenvalue weighted by molar-refractivity contribution is 5.69. The van der Waals surface area contributed by atoms with Gasteiger partial charge in [-0.05, 0) is 44.9 Å². The van der Waals surface area contributed by atoms with Crippen LogP contribution in [0.1, 0.15) is 78.1 Å². The molecule has 0 amide bonds. The zero-order valence-electron chi connectivity index (χ0n) is 15.3. The zero-order valence-corrected chi connectivity index (χ0v) is 15.3. The number of allylic oxidation sites excluding steroid dienone is 2. The lowest BCUT2D eigenvalue weighted by Crippen LogP contribution is -2.18. The molecule has 0 bridgehead atoms. The third-order valence-electron chi connectivity index (χ3n) is 3.68. The molecule has 0 heterocycles. The average molecular weight is 338 g/mol. The summed E-state index contributed by atoms with van der Waals surface area (Å²) in [6.45, 7) is 4.12. The van der Waals surface area contributed by atoms with Gasteiger partial charge in [0.25, 0.3) is 0 Å². The van der Waals surface area contributed by atoms with E-state index in [0.29, 0.717) is 44.9 Å². The molecule has 2 atom stereocenters. The van der Waals surface area contributed by atoms with Crippen molar-refractivity contribution in [1.29, 1.82) is 0 Å². The summed E-state index contributed by atoms with van der Waals surface area (Å²) in [5.74, 6) is -0.215. The second kappa shape index (κ2) is 16.4. The predicted octanol–water partition coefficient (Wildman–Crippen LogP) is 4.51. The third kappa shape index (κ3) is 14.2. The molecule has 0 aromatic carbocycles. The zero-order chi connectivity index (χ0) is 18.0. The number of hydrogen-bond acceptors (Lipinski definition) is 4. The van der Waals surface area contributed by atoms with Gasteiger partial charge < -0.3 is 14.6 Å². The largest absolute Gasteiger partial charge is 0.462 e. The normalized spacial score (nSPS) is 14.1. The van der Waals surface area contributed by atoms with E-state index >= 15 is 0 Å². The fraction of sp³-hybridized carbons (Fsp3) is 0.700. The first kappa shape index (κ1) is 22.6. The maximum absolute atomic E-state index is 11.9. The maximum atomic E-state index is 11.9. The molecule has 138 valence electrons. The summed E-state index contributed by atoms with van der Waals surface area (Å²) in [4.78, 5) is 22.4. The molecule has 0 spiro atoms. The van der Waals surface area contributed by atoms with Crippen molar-refractivity contribution < 1.29 is 19.4 Å². The van der Waals surface area contributed by atoms with Crippen LogP contribution in [0.2, 0.25) is 0 Å². The molecule has 1 N–H and O–H groups in total. The van der Waals surface area contributed by atoms with Gasteiger partial charge in [0.1, 0.15) is 12.4 Å². The monoisotopic (exact) mass is 338 g/mol. The number of aliphatic hydroxyl groups is 1. The van der Waals surface area contributed by atoms with E-state index in [0.717, 1.165) is 25.5 Å². The standard InChI is InChI=1S/C20H34O4/c1-3-5-7-12-18(22)13-11-16-20(23)24-19(14-8-6-4-2)15-9-10-17-21/h5-8,17-19,22H,3-4,9-16H2,1-2H3/b7-5-,8-6-. The Morgan fingerprint density at radius 1 is 1.00 bits per heavy atom. The molecule has 0 aliphatic carbocycles. The predicted molar refractivity (Wildman–Crippen MR) is 97.7 cm³/mol. The first-order valence-corrected chi connectivity index (χ1v) is 9.25. The Labute approximate surface area is 147 Å². The molecule has 4 nitrogen and oxygen atoms in total. The van der Waals surface area contributed by atoms with E-state index in [1.807, 2.05) is 18.2 Å². The summed E-state index contributed by atoms with van der Waals surface area (Å²) < 4.78 is 5.52. The molecule has 0 aliphatic heterocycles. The van der Waals surface area contributed by atoms with Crippen molar-refractivity contribution in [3.63, 3.8) is 0 Å².